The van der Waals surface area contributed by atoms with E-state index < -0.39 is 0 Å². The molecule has 1 fully saturated rings. The smallest absolute Gasteiger partial charge is 0.237 e. The SMILES string of the molecule is CCC(C)NCC(=O)N(Cc1ccc(OC)cc1)C1CC1. The van der Waals surface area contributed by atoms with Crippen LogP contribution in [0.4, 0.5) is 0 Å². The summed E-state index contributed by atoms with van der Waals surface area (Å²) >= 11 is 0. The lowest BCUT2D eigenvalue weighted by atomic mass is 10.2. The summed E-state index contributed by atoms with van der Waals surface area (Å²) in [6.45, 7) is 5.35. The lowest BCUT2D eigenvalue weighted by Crippen LogP contribution is -2.41. The molecule has 1 aromatic rings. The molecule has 1 aliphatic carbocycles. The van der Waals surface area contributed by atoms with E-state index in [2.05, 4.69) is 19.2 Å². The molecule has 1 aliphatic rings. The van der Waals surface area contributed by atoms with Gasteiger partial charge < -0.3 is 15.0 Å². The summed E-state index contributed by atoms with van der Waals surface area (Å²) in [7, 11) is 1.66. The van der Waals surface area contributed by atoms with Crippen LogP contribution >= 0.6 is 0 Å². The van der Waals surface area contributed by atoms with Crippen LogP contribution in [0.2, 0.25) is 0 Å². The number of benzene rings is 1. The van der Waals surface area contributed by atoms with Gasteiger partial charge in [-0.3, -0.25) is 4.79 Å². The molecule has 4 heteroatoms. The minimum atomic E-state index is 0.202. The van der Waals surface area contributed by atoms with Gasteiger partial charge in [0.2, 0.25) is 5.91 Å². The van der Waals surface area contributed by atoms with Gasteiger partial charge in [0.1, 0.15) is 5.75 Å². The first-order chi connectivity index (χ1) is 10.1. The van der Waals surface area contributed by atoms with E-state index >= 15 is 0 Å². The number of hydrogen-bond acceptors (Lipinski definition) is 3. The summed E-state index contributed by atoms with van der Waals surface area (Å²) in [4.78, 5) is 14.4. The normalized spacial score (nSPS) is 15.6. The number of carbonyl (C=O) groups is 1. The van der Waals surface area contributed by atoms with E-state index in [1.54, 1.807) is 7.11 Å². The predicted octanol–water partition coefficient (Wildman–Crippen LogP) is 2.57. The topological polar surface area (TPSA) is 41.6 Å². The zero-order chi connectivity index (χ0) is 15.2. The summed E-state index contributed by atoms with van der Waals surface area (Å²) in [5.74, 6) is 1.05. The third-order valence-electron chi connectivity index (χ3n) is 4.03. The molecule has 21 heavy (non-hydrogen) atoms. The molecule has 4 nitrogen and oxygen atoms in total. The van der Waals surface area contributed by atoms with Gasteiger partial charge in [-0.2, -0.15) is 0 Å². The van der Waals surface area contributed by atoms with Crippen LogP contribution in [-0.2, 0) is 11.3 Å². The predicted molar refractivity (Wildman–Crippen MR) is 84.3 cm³/mol. The van der Waals surface area contributed by atoms with Gasteiger partial charge in [0, 0.05) is 18.6 Å². The van der Waals surface area contributed by atoms with Crippen molar-refractivity contribution in [1.29, 1.82) is 0 Å². The second-order valence-electron chi connectivity index (χ2n) is 5.79. The molecule has 1 N–H and O–H groups in total. The molecule has 0 saturated heterocycles. The van der Waals surface area contributed by atoms with Gasteiger partial charge >= 0.3 is 0 Å². The van der Waals surface area contributed by atoms with E-state index in [1.807, 2.05) is 29.2 Å². The highest BCUT2D eigenvalue weighted by molar-refractivity contribution is 5.79. The van der Waals surface area contributed by atoms with Gasteiger partial charge in [-0.25, -0.2) is 0 Å². The van der Waals surface area contributed by atoms with Crippen molar-refractivity contribution in [2.45, 2.75) is 51.7 Å². The van der Waals surface area contributed by atoms with Crippen molar-refractivity contribution in [2.75, 3.05) is 13.7 Å². The minimum Gasteiger partial charge on any atom is -0.497 e. The van der Waals surface area contributed by atoms with Crippen LogP contribution in [0.15, 0.2) is 24.3 Å². The largest absolute Gasteiger partial charge is 0.497 e. The molecule has 1 saturated carbocycles. The van der Waals surface area contributed by atoms with Crippen LogP contribution in [-0.4, -0.2) is 36.5 Å². The van der Waals surface area contributed by atoms with Gasteiger partial charge in [-0.15, -0.1) is 0 Å². The highest BCUT2D eigenvalue weighted by Gasteiger charge is 2.32. The molecule has 2 rings (SSSR count). The lowest BCUT2D eigenvalue weighted by molar-refractivity contribution is -0.131. The van der Waals surface area contributed by atoms with Gasteiger partial charge in [-0.05, 0) is 43.9 Å². The fraction of sp³-hybridized carbons (Fsp3) is 0.588. The van der Waals surface area contributed by atoms with Crippen LogP contribution in [0.25, 0.3) is 0 Å². The Hall–Kier alpha value is -1.55. The Morgan fingerprint density at radius 3 is 2.57 bits per heavy atom. The molecule has 0 radical (unpaired) electrons. The maximum atomic E-state index is 12.4. The molecule has 1 aromatic carbocycles. The maximum absolute atomic E-state index is 12.4. The lowest BCUT2D eigenvalue weighted by Gasteiger charge is -2.24. The fourth-order valence-corrected chi connectivity index (χ4v) is 2.24. The molecule has 1 unspecified atom stereocenters. The number of rotatable bonds is 8. The Labute approximate surface area is 127 Å². The standard InChI is InChI=1S/C17H26N2O2/c1-4-13(2)18-11-17(20)19(15-7-8-15)12-14-5-9-16(21-3)10-6-14/h5-6,9-10,13,15,18H,4,7-8,11-12H2,1-3H3. The maximum Gasteiger partial charge on any atom is 0.237 e. The first-order valence-corrected chi connectivity index (χ1v) is 7.79. The average Bonchev–Trinajstić information content (AvgIpc) is 3.35. The first kappa shape index (κ1) is 15.8. The number of nitrogens with zero attached hydrogens (tertiary/aromatic N) is 1. The van der Waals surface area contributed by atoms with E-state index in [-0.39, 0.29) is 5.91 Å². The summed E-state index contributed by atoms with van der Waals surface area (Å²) in [6.07, 6.45) is 3.30. The molecule has 0 aromatic heterocycles. The quantitative estimate of drug-likeness (QED) is 0.800. The Kier molecular flexibility index (Phi) is 5.62. The Bertz CT molecular complexity index is 454. The van der Waals surface area contributed by atoms with Crippen LogP contribution in [0, 0.1) is 0 Å². The van der Waals surface area contributed by atoms with Crippen LogP contribution in [0.3, 0.4) is 0 Å². The van der Waals surface area contributed by atoms with Gasteiger partial charge in [-0.1, -0.05) is 19.1 Å². The number of nitrogens with one attached hydrogen (secondary N) is 1. The molecule has 0 aliphatic heterocycles. The average molecular weight is 290 g/mol. The summed E-state index contributed by atoms with van der Waals surface area (Å²) in [5.41, 5.74) is 1.15. The van der Waals surface area contributed by atoms with E-state index in [0.29, 0.717) is 25.2 Å². The molecule has 0 spiro atoms. The molecule has 116 valence electrons. The fourth-order valence-electron chi connectivity index (χ4n) is 2.24. The van der Waals surface area contributed by atoms with Crippen LogP contribution < -0.4 is 10.1 Å². The van der Waals surface area contributed by atoms with Crippen molar-refractivity contribution in [3.8, 4) is 5.75 Å². The Balaban J connectivity index is 1.93. The molecule has 0 bridgehead atoms. The summed E-state index contributed by atoms with van der Waals surface area (Å²) < 4.78 is 5.17. The molecular formula is C17H26N2O2. The zero-order valence-corrected chi connectivity index (χ0v) is 13.3. The first-order valence-electron chi connectivity index (χ1n) is 7.79. The minimum absolute atomic E-state index is 0.202. The van der Waals surface area contributed by atoms with Crippen molar-refractivity contribution in [2.24, 2.45) is 0 Å². The molecule has 1 amide bonds. The number of hydrogen-bond donors (Lipinski definition) is 1. The number of ether oxygens (including phenoxy) is 1. The molecule has 0 heterocycles. The highest BCUT2D eigenvalue weighted by atomic mass is 16.5. The second-order valence-corrected chi connectivity index (χ2v) is 5.79. The van der Waals surface area contributed by atoms with E-state index in [4.69, 9.17) is 4.74 Å². The van der Waals surface area contributed by atoms with Crippen molar-refractivity contribution in [3.05, 3.63) is 29.8 Å². The van der Waals surface area contributed by atoms with E-state index in [1.165, 1.54) is 0 Å². The monoisotopic (exact) mass is 290 g/mol. The van der Waals surface area contributed by atoms with E-state index in [9.17, 15) is 4.79 Å². The Morgan fingerprint density at radius 1 is 1.38 bits per heavy atom. The zero-order valence-electron chi connectivity index (χ0n) is 13.3. The summed E-state index contributed by atoms with van der Waals surface area (Å²) in [5, 5.41) is 3.29. The Morgan fingerprint density at radius 2 is 2.05 bits per heavy atom. The van der Waals surface area contributed by atoms with Gasteiger partial charge in [0.05, 0.1) is 13.7 Å². The van der Waals surface area contributed by atoms with E-state index in [0.717, 1.165) is 30.6 Å². The van der Waals surface area contributed by atoms with Crippen molar-refractivity contribution in [1.82, 2.24) is 10.2 Å². The van der Waals surface area contributed by atoms with Crippen LogP contribution in [0.1, 0.15) is 38.7 Å². The van der Waals surface area contributed by atoms with Crippen molar-refractivity contribution < 1.29 is 9.53 Å². The third kappa shape index (κ3) is 4.74. The second kappa shape index (κ2) is 7.46. The van der Waals surface area contributed by atoms with Crippen molar-refractivity contribution >= 4 is 5.91 Å². The summed E-state index contributed by atoms with van der Waals surface area (Å²) in [6, 6.07) is 8.77. The number of carbonyl (C=O) groups excluding carboxylic acids is 1. The number of amides is 1. The third-order valence-corrected chi connectivity index (χ3v) is 4.03. The highest BCUT2D eigenvalue weighted by Crippen LogP contribution is 2.28. The molecular weight excluding hydrogens is 264 g/mol. The van der Waals surface area contributed by atoms with Gasteiger partial charge in [0.25, 0.3) is 0 Å². The molecule has 1 atom stereocenters. The van der Waals surface area contributed by atoms with Crippen molar-refractivity contribution in [3.63, 3.8) is 0 Å². The number of methoxy groups -OCH3 is 1. The van der Waals surface area contributed by atoms with Gasteiger partial charge in [0.15, 0.2) is 0 Å². The van der Waals surface area contributed by atoms with Crippen LogP contribution in [0.5, 0.6) is 5.75 Å².